The topological polar surface area (TPSA) is 59.3 Å². The minimum absolute atomic E-state index is 0.226. The van der Waals surface area contributed by atoms with Gasteiger partial charge in [0.05, 0.1) is 5.52 Å². The van der Waals surface area contributed by atoms with Gasteiger partial charge in [-0.25, -0.2) is 9.18 Å². The molecule has 86 valence electrons. The summed E-state index contributed by atoms with van der Waals surface area (Å²) in [5.74, 6) is -1.29. The Kier molecular flexibility index (Phi) is 2.74. The first-order valence-electron chi connectivity index (χ1n) is 4.79. The van der Waals surface area contributed by atoms with Crippen molar-refractivity contribution >= 4 is 23.1 Å². The second kappa shape index (κ2) is 4.21. The number of para-hydroxylation sites is 1. The molecule has 1 heterocycles. The van der Waals surface area contributed by atoms with E-state index in [0.29, 0.717) is 10.9 Å². The molecule has 0 atom stereocenters. The summed E-state index contributed by atoms with van der Waals surface area (Å²) in [4.78, 5) is 22.6. The number of hydrogen-bond acceptors (Lipinski definition) is 2. The number of nitrogens with zero attached hydrogens (tertiary/aromatic N) is 1. The van der Waals surface area contributed by atoms with Crippen molar-refractivity contribution in [2.45, 2.75) is 0 Å². The Hall–Kier alpha value is -2.43. The molecule has 4 nitrogen and oxygen atoms in total. The summed E-state index contributed by atoms with van der Waals surface area (Å²) in [5.41, 5.74) is -0.324. The van der Waals surface area contributed by atoms with Crippen LogP contribution in [0.1, 0.15) is 10.5 Å². The van der Waals surface area contributed by atoms with Gasteiger partial charge in [0.2, 0.25) is 0 Å². The molecule has 2 aromatic rings. The highest BCUT2D eigenvalue weighted by Gasteiger charge is 2.12. The highest BCUT2D eigenvalue weighted by atomic mass is 19.1. The van der Waals surface area contributed by atoms with E-state index in [2.05, 4.69) is 0 Å². The molecule has 5 heteroatoms. The zero-order valence-corrected chi connectivity index (χ0v) is 8.63. The minimum atomic E-state index is -1.29. The average molecular weight is 233 g/mol. The average Bonchev–Trinajstić information content (AvgIpc) is 2.32. The van der Waals surface area contributed by atoms with Gasteiger partial charge in [0.1, 0.15) is 12.0 Å². The van der Waals surface area contributed by atoms with Crippen molar-refractivity contribution in [2.24, 2.45) is 0 Å². The van der Waals surface area contributed by atoms with Crippen LogP contribution in [0.3, 0.4) is 0 Å². The van der Waals surface area contributed by atoms with Gasteiger partial charge in [-0.15, -0.1) is 0 Å². The largest absolute Gasteiger partial charge is 0.477 e. The van der Waals surface area contributed by atoms with Crippen LogP contribution in [0.15, 0.2) is 41.5 Å². The lowest BCUT2D eigenvalue weighted by molar-refractivity contribution is 0.0688. The van der Waals surface area contributed by atoms with Gasteiger partial charge in [-0.1, -0.05) is 12.1 Å². The molecular formula is C12H8FNO3. The number of halogens is 1. The lowest BCUT2D eigenvalue weighted by atomic mass is 10.2. The molecule has 1 aromatic heterocycles. The SMILES string of the molecule is O=C(O)c1cc(=O)c2ccccc2n1C=CF. The fraction of sp³-hybridized carbons (Fsp3) is 0. The first-order valence-corrected chi connectivity index (χ1v) is 4.79. The summed E-state index contributed by atoms with van der Waals surface area (Å²) in [7, 11) is 0. The smallest absolute Gasteiger partial charge is 0.353 e. The van der Waals surface area contributed by atoms with Crippen LogP contribution >= 0.6 is 0 Å². The summed E-state index contributed by atoms with van der Waals surface area (Å²) < 4.78 is 13.4. The molecule has 1 N–H and O–H groups in total. The van der Waals surface area contributed by atoms with E-state index in [0.717, 1.165) is 16.8 Å². The van der Waals surface area contributed by atoms with Gasteiger partial charge in [0.25, 0.3) is 0 Å². The molecule has 0 fully saturated rings. The van der Waals surface area contributed by atoms with Gasteiger partial charge in [-0.3, -0.25) is 4.79 Å². The number of hydrogen-bond donors (Lipinski definition) is 1. The highest BCUT2D eigenvalue weighted by molar-refractivity contribution is 5.92. The van der Waals surface area contributed by atoms with Crippen molar-refractivity contribution in [1.82, 2.24) is 4.57 Å². The Morgan fingerprint density at radius 1 is 1.35 bits per heavy atom. The Bertz CT molecular complexity index is 673. The molecule has 2 rings (SSSR count). The fourth-order valence-electron chi connectivity index (χ4n) is 1.68. The quantitative estimate of drug-likeness (QED) is 0.864. The number of aromatic nitrogens is 1. The normalized spacial score (nSPS) is 11.1. The van der Waals surface area contributed by atoms with E-state index >= 15 is 0 Å². The first kappa shape index (κ1) is 11.1. The van der Waals surface area contributed by atoms with Crippen LogP contribution in [-0.4, -0.2) is 15.6 Å². The molecule has 0 bridgehead atoms. The van der Waals surface area contributed by atoms with Gasteiger partial charge in [-0.05, 0) is 12.1 Å². The molecule has 0 saturated carbocycles. The summed E-state index contributed by atoms with van der Waals surface area (Å²) in [6.45, 7) is 0. The third-order valence-corrected chi connectivity index (χ3v) is 2.38. The maximum Gasteiger partial charge on any atom is 0.353 e. The van der Waals surface area contributed by atoms with Crippen LogP contribution < -0.4 is 5.43 Å². The minimum Gasteiger partial charge on any atom is -0.477 e. The standard InChI is InChI=1S/C12H8FNO3/c13-5-6-14-9-4-2-1-3-8(9)11(15)7-10(14)12(16)17/h1-7H,(H,16,17). The van der Waals surface area contributed by atoms with Crippen LogP contribution in [-0.2, 0) is 0 Å². The monoisotopic (exact) mass is 233 g/mol. The van der Waals surface area contributed by atoms with E-state index in [4.69, 9.17) is 5.11 Å². The number of carboxylic acids is 1. The van der Waals surface area contributed by atoms with Crippen molar-refractivity contribution in [3.8, 4) is 0 Å². The third-order valence-electron chi connectivity index (χ3n) is 2.38. The van der Waals surface area contributed by atoms with Crippen LogP contribution in [0.2, 0.25) is 0 Å². The lowest BCUT2D eigenvalue weighted by Gasteiger charge is -2.09. The molecule has 0 radical (unpaired) electrons. The molecule has 0 saturated heterocycles. The van der Waals surface area contributed by atoms with E-state index < -0.39 is 11.4 Å². The number of pyridine rings is 1. The van der Waals surface area contributed by atoms with Crippen molar-refractivity contribution in [1.29, 1.82) is 0 Å². The molecule has 0 aliphatic rings. The van der Waals surface area contributed by atoms with Crippen LogP contribution in [0, 0.1) is 0 Å². The molecule has 17 heavy (non-hydrogen) atoms. The first-order chi connectivity index (χ1) is 8.15. The molecule has 0 amide bonds. The van der Waals surface area contributed by atoms with E-state index in [1.807, 2.05) is 0 Å². The zero-order chi connectivity index (χ0) is 12.4. The van der Waals surface area contributed by atoms with Gasteiger partial charge >= 0.3 is 5.97 Å². The number of aromatic carboxylic acids is 1. The van der Waals surface area contributed by atoms with Crippen molar-refractivity contribution in [3.63, 3.8) is 0 Å². The number of benzene rings is 1. The number of carboxylic acid groups (broad SMARTS) is 1. The maximum absolute atomic E-state index is 12.3. The molecule has 0 aliphatic carbocycles. The number of rotatable bonds is 2. The Labute approximate surface area is 95.2 Å². The molecule has 0 spiro atoms. The summed E-state index contributed by atoms with van der Waals surface area (Å²) in [6, 6.07) is 7.41. The van der Waals surface area contributed by atoms with E-state index in [1.54, 1.807) is 24.3 Å². The van der Waals surface area contributed by atoms with Crippen molar-refractivity contribution < 1.29 is 14.3 Å². The summed E-state index contributed by atoms with van der Waals surface area (Å²) in [5, 5.41) is 9.30. The van der Waals surface area contributed by atoms with Crippen molar-refractivity contribution in [2.75, 3.05) is 0 Å². The highest BCUT2D eigenvalue weighted by Crippen LogP contribution is 2.13. The van der Waals surface area contributed by atoms with Crippen LogP contribution in [0.5, 0.6) is 0 Å². The Morgan fingerprint density at radius 3 is 2.71 bits per heavy atom. The molecule has 0 aliphatic heterocycles. The van der Waals surface area contributed by atoms with Gasteiger partial charge < -0.3 is 9.67 Å². The second-order valence-electron chi connectivity index (χ2n) is 3.36. The second-order valence-corrected chi connectivity index (χ2v) is 3.36. The van der Waals surface area contributed by atoms with Gasteiger partial charge in [0.15, 0.2) is 5.43 Å². The van der Waals surface area contributed by atoms with Gasteiger partial charge in [-0.2, -0.15) is 0 Å². The number of carbonyl (C=O) groups is 1. The maximum atomic E-state index is 12.3. The lowest BCUT2D eigenvalue weighted by Crippen LogP contribution is -2.14. The fourth-order valence-corrected chi connectivity index (χ4v) is 1.68. The molecular weight excluding hydrogens is 225 g/mol. The third kappa shape index (κ3) is 1.82. The van der Waals surface area contributed by atoms with Crippen LogP contribution in [0.25, 0.3) is 17.1 Å². The molecule has 1 aromatic carbocycles. The molecule has 0 unspecified atom stereocenters. The summed E-state index contributed by atoms with van der Waals surface area (Å²) in [6.07, 6.45) is 1.19. The van der Waals surface area contributed by atoms with E-state index in [1.165, 1.54) is 0 Å². The Morgan fingerprint density at radius 2 is 2.06 bits per heavy atom. The predicted molar refractivity (Wildman–Crippen MR) is 61.6 cm³/mol. The van der Waals surface area contributed by atoms with E-state index in [-0.39, 0.29) is 12.0 Å². The van der Waals surface area contributed by atoms with Crippen LogP contribution in [0.4, 0.5) is 4.39 Å². The Balaban J connectivity index is 2.98. The zero-order valence-electron chi connectivity index (χ0n) is 8.63. The predicted octanol–water partition coefficient (Wildman–Crippen LogP) is 2.10. The number of fused-ring (bicyclic) bond motifs is 1. The van der Waals surface area contributed by atoms with Gasteiger partial charge in [0, 0.05) is 17.7 Å². The van der Waals surface area contributed by atoms with Crippen molar-refractivity contribution in [3.05, 3.63) is 52.6 Å². The summed E-state index contributed by atoms with van der Waals surface area (Å²) >= 11 is 0. The van der Waals surface area contributed by atoms with E-state index in [9.17, 15) is 14.0 Å².